The van der Waals surface area contributed by atoms with Crippen LogP contribution >= 0.6 is 0 Å². The van der Waals surface area contributed by atoms with Crippen LogP contribution in [0.3, 0.4) is 0 Å². The van der Waals surface area contributed by atoms with Crippen LogP contribution in [-0.2, 0) is 10.0 Å². The largest absolute Gasteiger partial charge is 0.324 e. The molecule has 130 valence electrons. The number of nitrogens with two attached hydrogens (primary N) is 1. The summed E-state index contributed by atoms with van der Waals surface area (Å²) in [5, 5.41) is 8.16. The molecule has 0 aliphatic heterocycles. The number of anilines is 2. The van der Waals surface area contributed by atoms with Crippen LogP contribution in [0.15, 0.2) is 72.0 Å². The van der Waals surface area contributed by atoms with E-state index in [2.05, 4.69) is 20.3 Å². The zero-order valence-corrected chi connectivity index (χ0v) is 14.3. The number of sulfonamides is 1. The number of pyridine rings is 1. The summed E-state index contributed by atoms with van der Waals surface area (Å²) in [6.07, 6.45) is 5.27. The van der Waals surface area contributed by atoms with Gasteiger partial charge in [-0.15, -0.1) is 0 Å². The third kappa shape index (κ3) is 3.13. The molecule has 0 amide bonds. The van der Waals surface area contributed by atoms with Crippen molar-refractivity contribution in [1.29, 1.82) is 0 Å². The summed E-state index contributed by atoms with van der Waals surface area (Å²) >= 11 is 0. The van der Waals surface area contributed by atoms with Gasteiger partial charge in [0.25, 0.3) is 0 Å². The first-order valence-corrected chi connectivity index (χ1v) is 9.21. The van der Waals surface area contributed by atoms with E-state index in [0.717, 1.165) is 11.3 Å². The fraction of sp³-hybridized carbons (Fsp3) is 0. The highest BCUT2D eigenvalue weighted by molar-refractivity contribution is 7.89. The Kier molecular flexibility index (Phi) is 3.86. The van der Waals surface area contributed by atoms with Crippen LogP contribution in [0.25, 0.3) is 17.0 Å². The highest BCUT2D eigenvalue weighted by Crippen LogP contribution is 2.21. The average Bonchev–Trinajstić information content (AvgIpc) is 3.06. The van der Waals surface area contributed by atoms with Gasteiger partial charge in [0.1, 0.15) is 5.65 Å². The standard InChI is InChI=1S/C17H14N6O2S/c18-26(24,25)13-5-3-4-12(10-13)21-17-19-8-7-14(22-17)15-11-20-16-6-1-2-9-23(15)16/h1-11H,(H2,18,24,25)(H,19,21,22). The maximum Gasteiger partial charge on any atom is 0.238 e. The Bertz CT molecular complexity index is 1200. The summed E-state index contributed by atoms with van der Waals surface area (Å²) in [4.78, 5) is 13.0. The highest BCUT2D eigenvalue weighted by Gasteiger charge is 2.10. The van der Waals surface area contributed by atoms with Crippen molar-refractivity contribution in [3.8, 4) is 11.4 Å². The van der Waals surface area contributed by atoms with Crippen molar-refractivity contribution in [3.63, 3.8) is 0 Å². The van der Waals surface area contributed by atoms with Crippen molar-refractivity contribution in [2.75, 3.05) is 5.32 Å². The molecule has 1 aromatic carbocycles. The fourth-order valence-electron chi connectivity index (χ4n) is 2.56. The summed E-state index contributed by atoms with van der Waals surface area (Å²) in [5.74, 6) is 0.333. The molecule has 3 aromatic heterocycles. The minimum absolute atomic E-state index is 0.0143. The Morgan fingerprint density at radius 1 is 1.04 bits per heavy atom. The second-order valence-corrected chi connectivity index (χ2v) is 7.10. The molecule has 9 heteroatoms. The van der Waals surface area contributed by atoms with Gasteiger partial charge in [-0.2, -0.15) is 0 Å². The topological polar surface area (TPSA) is 115 Å². The number of aromatic nitrogens is 4. The average molecular weight is 366 g/mol. The molecule has 0 aliphatic rings. The molecule has 0 fully saturated rings. The molecule has 0 atom stereocenters. The van der Waals surface area contributed by atoms with Crippen LogP contribution in [-0.4, -0.2) is 27.8 Å². The SMILES string of the molecule is NS(=O)(=O)c1cccc(Nc2nccc(-c3cnc4ccccn34)n2)c1. The number of rotatable bonds is 4. The number of hydrogen-bond acceptors (Lipinski definition) is 6. The van der Waals surface area contributed by atoms with Crippen LogP contribution in [0, 0.1) is 0 Å². The lowest BCUT2D eigenvalue weighted by atomic mass is 10.3. The summed E-state index contributed by atoms with van der Waals surface area (Å²) in [5.41, 5.74) is 2.84. The van der Waals surface area contributed by atoms with Gasteiger partial charge in [0.15, 0.2) is 0 Å². The highest BCUT2D eigenvalue weighted by atomic mass is 32.2. The molecule has 0 saturated carbocycles. The van der Waals surface area contributed by atoms with E-state index in [1.807, 2.05) is 28.8 Å². The molecule has 0 aliphatic carbocycles. The molecule has 0 saturated heterocycles. The summed E-state index contributed by atoms with van der Waals surface area (Å²) in [6.45, 7) is 0. The van der Waals surface area contributed by atoms with Crippen LogP contribution in [0.1, 0.15) is 0 Å². The van der Waals surface area contributed by atoms with Crippen molar-refractivity contribution < 1.29 is 8.42 Å². The van der Waals surface area contributed by atoms with Crippen LogP contribution in [0.5, 0.6) is 0 Å². The third-order valence-corrected chi connectivity index (χ3v) is 4.66. The predicted molar refractivity (Wildman–Crippen MR) is 97.3 cm³/mol. The quantitative estimate of drug-likeness (QED) is 0.572. The first-order chi connectivity index (χ1) is 12.5. The Labute approximate surface area is 149 Å². The van der Waals surface area contributed by atoms with Crippen molar-refractivity contribution in [2.24, 2.45) is 5.14 Å². The summed E-state index contributed by atoms with van der Waals surface area (Å²) in [6, 6.07) is 13.7. The van der Waals surface area contributed by atoms with Crippen LogP contribution in [0.4, 0.5) is 11.6 Å². The van der Waals surface area contributed by atoms with Crippen molar-refractivity contribution in [2.45, 2.75) is 4.90 Å². The van der Waals surface area contributed by atoms with E-state index in [-0.39, 0.29) is 4.90 Å². The zero-order chi connectivity index (χ0) is 18.1. The molecule has 8 nitrogen and oxygen atoms in total. The van der Waals surface area contributed by atoms with E-state index in [1.165, 1.54) is 12.1 Å². The van der Waals surface area contributed by atoms with Gasteiger partial charge >= 0.3 is 0 Å². The molecular formula is C17H14N6O2S. The predicted octanol–water partition coefficient (Wildman–Crippen LogP) is 2.18. The van der Waals surface area contributed by atoms with Crippen LogP contribution in [0.2, 0.25) is 0 Å². The first-order valence-electron chi connectivity index (χ1n) is 7.66. The van der Waals surface area contributed by atoms with Gasteiger partial charge in [-0.05, 0) is 36.4 Å². The smallest absolute Gasteiger partial charge is 0.238 e. The maximum atomic E-state index is 11.5. The van der Waals surface area contributed by atoms with E-state index < -0.39 is 10.0 Å². The van der Waals surface area contributed by atoms with Crippen LogP contribution < -0.4 is 10.5 Å². The van der Waals surface area contributed by atoms with Gasteiger partial charge in [-0.3, -0.25) is 4.40 Å². The monoisotopic (exact) mass is 366 g/mol. The molecule has 4 rings (SSSR count). The van der Waals surface area contributed by atoms with Crippen molar-refractivity contribution in [3.05, 3.63) is 67.1 Å². The number of nitrogens with zero attached hydrogens (tertiary/aromatic N) is 4. The zero-order valence-electron chi connectivity index (χ0n) is 13.4. The first kappa shape index (κ1) is 16.2. The molecule has 0 spiro atoms. The molecule has 26 heavy (non-hydrogen) atoms. The fourth-order valence-corrected chi connectivity index (χ4v) is 3.12. The Morgan fingerprint density at radius 3 is 2.77 bits per heavy atom. The van der Waals surface area contributed by atoms with Gasteiger partial charge in [0.2, 0.25) is 16.0 Å². The Balaban J connectivity index is 1.69. The van der Waals surface area contributed by atoms with E-state index in [0.29, 0.717) is 17.3 Å². The molecule has 3 N–H and O–H groups in total. The lowest BCUT2D eigenvalue weighted by molar-refractivity contribution is 0.598. The number of primary sulfonamides is 1. The minimum atomic E-state index is -3.78. The van der Waals surface area contributed by atoms with E-state index in [9.17, 15) is 8.42 Å². The molecular weight excluding hydrogens is 352 g/mol. The van der Waals surface area contributed by atoms with Gasteiger partial charge in [-0.25, -0.2) is 28.5 Å². The third-order valence-electron chi connectivity index (χ3n) is 3.75. The summed E-state index contributed by atoms with van der Waals surface area (Å²) < 4.78 is 24.9. The van der Waals surface area contributed by atoms with Gasteiger partial charge in [0.05, 0.1) is 22.5 Å². The lowest BCUT2D eigenvalue weighted by Gasteiger charge is -2.07. The lowest BCUT2D eigenvalue weighted by Crippen LogP contribution is -2.12. The summed E-state index contributed by atoms with van der Waals surface area (Å²) in [7, 11) is -3.78. The number of hydrogen-bond donors (Lipinski definition) is 2. The van der Waals surface area contributed by atoms with Crippen molar-refractivity contribution >= 4 is 27.3 Å². The van der Waals surface area contributed by atoms with Gasteiger partial charge < -0.3 is 5.32 Å². The number of nitrogens with one attached hydrogen (secondary N) is 1. The maximum absolute atomic E-state index is 11.5. The van der Waals surface area contributed by atoms with Gasteiger partial charge in [-0.1, -0.05) is 12.1 Å². The Hall–Kier alpha value is -3.30. The van der Waals surface area contributed by atoms with E-state index in [1.54, 1.807) is 30.6 Å². The second kappa shape index (κ2) is 6.21. The Morgan fingerprint density at radius 2 is 1.92 bits per heavy atom. The molecule has 0 unspecified atom stereocenters. The normalized spacial score (nSPS) is 11.6. The second-order valence-electron chi connectivity index (χ2n) is 5.54. The number of benzene rings is 1. The van der Waals surface area contributed by atoms with Crippen molar-refractivity contribution in [1.82, 2.24) is 19.4 Å². The molecule has 4 aromatic rings. The molecule has 0 bridgehead atoms. The van der Waals surface area contributed by atoms with Gasteiger partial charge in [0, 0.05) is 18.1 Å². The van der Waals surface area contributed by atoms with E-state index in [4.69, 9.17) is 5.14 Å². The van der Waals surface area contributed by atoms with E-state index >= 15 is 0 Å². The molecule has 0 radical (unpaired) electrons. The molecule has 3 heterocycles. The minimum Gasteiger partial charge on any atom is -0.324 e. The number of imidazole rings is 1. The number of fused-ring (bicyclic) bond motifs is 1.